The summed E-state index contributed by atoms with van der Waals surface area (Å²) in [4.78, 5) is 33.7. The van der Waals surface area contributed by atoms with Crippen LogP contribution in [0.25, 0.3) is 10.2 Å². The van der Waals surface area contributed by atoms with Gasteiger partial charge in [-0.05, 0) is 25.3 Å². The topological polar surface area (TPSA) is 64.4 Å². The van der Waals surface area contributed by atoms with E-state index in [0.29, 0.717) is 18.5 Å². The molecule has 1 amide bonds. The van der Waals surface area contributed by atoms with E-state index in [9.17, 15) is 9.59 Å². The summed E-state index contributed by atoms with van der Waals surface area (Å²) in [7, 11) is 0. The fourth-order valence-electron chi connectivity index (χ4n) is 3.94. The summed E-state index contributed by atoms with van der Waals surface area (Å²) in [5.41, 5.74) is -0.122. The SMILES string of the molecule is CCc1cc2c(=O)n(CC(=O)N3CCOC4CCCCC43)cnc2s1. The highest BCUT2D eigenvalue weighted by molar-refractivity contribution is 7.18. The van der Waals surface area contributed by atoms with E-state index in [0.717, 1.165) is 35.4 Å². The molecule has 134 valence electrons. The van der Waals surface area contributed by atoms with Crippen molar-refractivity contribution in [2.24, 2.45) is 0 Å². The largest absolute Gasteiger partial charge is 0.374 e. The summed E-state index contributed by atoms with van der Waals surface area (Å²) >= 11 is 1.55. The van der Waals surface area contributed by atoms with Gasteiger partial charge in [-0.25, -0.2) is 4.98 Å². The highest BCUT2D eigenvalue weighted by atomic mass is 32.1. The van der Waals surface area contributed by atoms with Crippen LogP contribution in [0.15, 0.2) is 17.2 Å². The zero-order valence-electron chi connectivity index (χ0n) is 14.4. The third-order valence-corrected chi connectivity index (χ3v) is 6.46. The second-order valence-corrected chi connectivity index (χ2v) is 7.93. The van der Waals surface area contributed by atoms with Gasteiger partial charge in [0, 0.05) is 11.4 Å². The first kappa shape index (κ1) is 16.7. The Hall–Kier alpha value is -1.73. The Morgan fingerprint density at radius 1 is 1.40 bits per heavy atom. The van der Waals surface area contributed by atoms with Crippen molar-refractivity contribution in [3.63, 3.8) is 0 Å². The molecule has 2 unspecified atom stereocenters. The number of amides is 1. The van der Waals surface area contributed by atoms with Crippen LogP contribution in [0.5, 0.6) is 0 Å². The average molecular weight is 361 g/mol. The molecule has 7 heteroatoms. The van der Waals surface area contributed by atoms with Gasteiger partial charge in [0.05, 0.1) is 30.5 Å². The van der Waals surface area contributed by atoms with Crippen molar-refractivity contribution >= 4 is 27.5 Å². The molecule has 0 aromatic carbocycles. The lowest BCUT2D eigenvalue weighted by molar-refractivity contribution is -0.150. The molecule has 2 aromatic heterocycles. The number of carbonyl (C=O) groups is 1. The van der Waals surface area contributed by atoms with Crippen LogP contribution in [0, 0.1) is 0 Å². The van der Waals surface area contributed by atoms with Gasteiger partial charge in [-0.15, -0.1) is 11.3 Å². The molecule has 2 fully saturated rings. The van der Waals surface area contributed by atoms with Crippen molar-refractivity contribution in [3.05, 3.63) is 27.6 Å². The van der Waals surface area contributed by atoms with Crippen molar-refractivity contribution in [3.8, 4) is 0 Å². The smallest absolute Gasteiger partial charge is 0.262 e. The maximum atomic E-state index is 12.9. The summed E-state index contributed by atoms with van der Waals surface area (Å²) in [5, 5.41) is 0.620. The lowest BCUT2D eigenvalue weighted by Gasteiger charge is -2.43. The zero-order chi connectivity index (χ0) is 17.4. The molecule has 1 aliphatic carbocycles. The van der Waals surface area contributed by atoms with Gasteiger partial charge in [0.2, 0.25) is 5.91 Å². The normalized spacial score (nSPS) is 23.6. The average Bonchev–Trinajstić information content (AvgIpc) is 3.08. The highest BCUT2D eigenvalue weighted by Crippen LogP contribution is 2.28. The molecule has 4 rings (SSSR count). The number of nitrogens with zero attached hydrogens (tertiary/aromatic N) is 3. The van der Waals surface area contributed by atoms with E-state index >= 15 is 0 Å². The lowest BCUT2D eigenvalue weighted by atomic mass is 9.90. The Bertz CT molecular complexity index is 842. The van der Waals surface area contributed by atoms with Crippen LogP contribution in [0.3, 0.4) is 0 Å². The number of ether oxygens (including phenoxy) is 1. The first-order valence-corrected chi connectivity index (χ1v) is 9.88. The fourth-order valence-corrected chi connectivity index (χ4v) is 4.86. The van der Waals surface area contributed by atoms with Gasteiger partial charge in [0.1, 0.15) is 11.4 Å². The molecule has 2 atom stereocenters. The number of aryl methyl sites for hydroxylation is 1. The molecular weight excluding hydrogens is 338 g/mol. The van der Waals surface area contributed by atoms with E-state index in [1.807, 2.05) is 11.0 Å². The van der Waals surface area contributed by atoms with Crippen LogP contribution < -0.4 is 5.56 Å². The van der Waals surface area contributed by atoms with E-state index in [-0.39, 0.29) is 30.2 Å². The Kier molecular flexibility index (Phi) is 4.60. The van der Waals surface area contributed by atoms with Gasteiger partial charge >= 0.3 is 0 Å². The second kappa shape index (κ2) is 6.88. The predicted octanol–water partition coefficient (Wildman–Crippen LogP) is 2.19. The number of fused-ring (bicyclic) bond motifs is 2. The molecule has 1 aliphatic heterocycles. The molecule has 1 saturated heterocycles. The van der Waals surface area contributed by atoms with Crippen LogP contribution in [0.2, 0.25) is 0 Å². The van der Waals surface area contributed by atoms with E-state index in [1.54, 1.807) is 11.3 Å². The molecule has 3 heterocycles. The van der Waals surface area contributed by atoms with Gasteiger partial charge in [-0.2, -0.15) is 0 Å². The highest BCUT2D eigenvalue weighted by Gasteiger charge is 2.36. The Morgan fingerprint density at radius 3 is 3.08 bits per heavy atom. The molecule has 1 saturated carbocycles. The molecule has 0 radical (unpaired) electrons. The third kappa shape index (κ3) is 3.11. The van der Waals surface area contributed by atoms with Crippen LogP contribution in [0.4, 0.5) is 0 Å². The number of aromatic nitrogens is 2. The van der Waals surface area contributed by atoms with Crippen molar-refractivity contribution < 1.29 is 9.53 Å². The van der Waals surface area contributed by atoms with E-state index in [4.69, 9.17) is 4.74 Å². The van der Waals surface area contributed by atoms with Crippen molar-refractivity contribution in [1.29, 1.82) is 0 Å². The number of carbonyl (C=O) groups excluding carboxylic acids is 1. The molecule has 2 aromatic rings. The summed E-state index contributed by atoms with van der Waals surface area (Å²) in [5.74, 6) is -0.00519. The number of rotatable bonds is 3. The standard InChI is InChI=1S/C18H23N3O3S/c1-2-12-9-13-17(25-12)19-11-20(18(13)23)10-16(22)21-7-8-24-15-6-4-3-5-14(15)21/h9,11,14-15H,2-8,10H2,1H3. The van der Waals surface area contributed by atoms with Crippen LogP contribution in [-0.2, 0) is 22.5 Å². The van der Waals surface area contributed by atoms with Gasteiger partial charge < -0.3 is 9.64 Å². The van der Waals surface area contributed by atoms with Crippen LogP contribution >= 0.6 is 11.3 Å². The number of morpholine rings is 1. The molecular formula is C18H23N3O3S. The van der Waals surface area contributed by atoms with Gasteiger partial charge in [0.25, 0.3) is 5.56 Å². The number of thiophene rings is 1. The van der Waals surface area contributed by atoms with Crippen molar-refractivity contribution in [1.82, 2.24) is 14.5 Å². The maximum absolute atomic E-state index is 12.9. The summed E-state index contributed by atoms with van der Waals surface area (Å²) in [6.07, 6.45) is 6.88. The molecule has 2 aliphatic rings. The van der Waals surface area contributed by atoms with Crippen LogP contribution in [-0.4, -0.2) is 45.7 Å². The lowest BCUT2D eigenvalue weighted by Crippen LogP contribution is -2.55. The van der Waals surface area contributed by atoms with E-state index in [1.165, 1.54) is 17.3 Å². The summed E-state index contributed by atoms with van der Waals surface area (Å²) in [6.45, 7) is 3.32. The molecule has 25 heavy (non-hydrogen) atoms. The summed E-state index contributed by atoms with van der Waals surface area (Å²) in [6, 6.07) is 2.07. The van der Waals surface area contributed by atoms with Crippen molar-refractivity contribution in [2.75, 3.05) is 13.2 Å². The van der Waals surface area contributed by atoms with E-state index < -0.39 is 0 Å². The quantitative estimate of drug-likeness (QED) is 0.841. The molecule has 0 bridgehead atoms. The predicted molar refractivity (Wildman–Crippen MR) is 97.0 cm³/mol. The molecule has 0 spiro atoms. The van der Waals surface area contributed by atoms with Gasteiger partial charge in [-0.3, -0.25) is 14.2 Å². The Labute approximate surface area is 150 Å². The minimum Gasteiger partial charge on any atom is -0.374 e. The Balaban J connectivity index is 1.57. The first-order valence-electron chi connectivity index (χ1n) is 9.06. The third-order valence-electron chi connectivity index (χ3n) is 5.28. The molecule has 6 nitrogen and oxygen atoms in total. The second-order valence-electron chi connectivity index (χ2n) is 6.81. The summed E-state index contributed by atoms with van der Waals surface area (Å²) < 4.78 is 7.28. The zero-order valence-corrected chi connectivity index (χ0v) is 15.3. The van der Waals surface area contributed by atoms with Crippen LogP contribution in [0.1, 0.15) is 37.5 Å². The first-order chi connectivity index (χ1) is 12.2. The minimum absolute atomic E-state index is 0.00519. The Morgan fingerprint density at radius 2 is 2.24 bits per heavy atom. The van der Waals surface area contributed by atoms with Gasteiger partial charge in [0.15, 0.2) is 0 Å². The monoisotopic (exact) mass is 361 g/mol. The minimum atomic E-state index is -0.122. The fraction of sp³-hybridized carbons (Fsp3) is 0.611. The molecule has 0 N–H and O–H groups in total. The number of hydrogen-bond donors (Lipinski definition) is 0. The number of hydrogen-bond acceptors (Lipinski definition) is 5. The van der Waals surface area contributed by atoms with E-state index in [2.05, 4.69) is 11.9 Å². The van der Waals surface area contributed by atoms with Gasteiger partial charge in [-0.1, -0.05) is 19.8 Å². The maximum Gasteiger partial charge on any atom is 0.262 e. The van der Waals surface area contributed by atoms with Crippen molar-refractivity contribution in [2.45, 2.75) is 57.7 Å².